The molecule has 1 heterocycles. The number of halogens is 1. The first-order valence-electron chi connectivity index (χ1n) is 8.51. The molecule has 0 fully saturated rings. The fourth-order valence-electron chi connectivity index (χ4n) is 2.75. The number of amides is 1. The van der Waals surface area contributed by atoms with Crippen molar-refractivity contribution in [2.45, 2.75) is 53.5 Å². The van der Waals surface area contributed by atoms with Crippen LogP contribution in [0.1, 0.15) is 56.4 Å². The molecule has 1 N–H and O–H groups in total. The summed E-state index contributed by atoms with van der Waals surface area (Å²) in [6.07, 6.45) is 1.50. The summed E-state index contributed by atoms with van der Waals surface area (Å²) in [7, 11) is 0. The van der Waals surface area contributed by atoms with Crippen LogP contribution in [0.4, 0.5) is 0 Å². The van der Waals surface area contributed by atoms with Gasteiger partial charge in [-0.15, -0.1) is 0 Å². The predicted octanol–water partition coefficient (Wildman–Crippen LogP) is 4.42. The minimum absolute atomic E-state index is 0.0438. The minimum Gasteiger partial charge on any atom is -0.350 e. The van der Waals surface area contributed by atoms with Gasteiger partial charge in [0.1, 0.15) is 0 Å². The van der Waals surface area contributed by atoms with Crippen molar-refractivity contribution in [3.05, 3.63) is 46.2 Å². The zero-order valence-corrected chi connectivity index (χ0v) is 15.8. The van der Waals surface area contributed by atoms with Crippen LogP contribution >= 0.6 is 11.6 Å². The van der Waals surface area contributed by atoms with Crippen LogP contribution in [-0.2, 0) is 12.8 Å². The Labute approximate surface area is 149 Å². The summed E-state index contributed by atoms with van der Waals surface area (Å²) in [5.41, 5.74) is 3.43. The summed E-state index contributed by atoms with van der Waals surface area (Å²) in [6, 6.07) is 7.63. The Balaban J connectivity index is 2.57. The van der Waals surface area contributed by atoms with E-state index >= 15 is 0 Å². The maximum absolute atomic E-state index is 12.8. The van der Waals surface area contributed by atoms with Gasteiger partial charge in [-0.1, -0.05) is 32.4 Å². The Bertz CT molecular complexity index is 702. The fourth-order valence-corrected chi connectivity index (χ4v) is 2.88. The number of carbonyl (C=O) groups is 1. The van der Waals surface area contributed by atoms with Crippen molar-refractivity contribution in [3.8, 4) is 5.69 Å². The van der Waals surface area contributed by atoms with E-state index in [2.05, 4.69) is 26.1 Å². The maximum Gasteiger partial charge on any atom is 0.255 e. The lowest BCUT2D eigenvalue weighted by Gasteiger charge is -2.11. The molecule has 0 aliphatic heterocycles. The number of nitrogens with zero attached hydrogens (tertiary/aromatic N) is 2. The zero-order valence-electron chi connectivity index (χ0n) is 15.1. The van der Waals surface area contributed by atoms with E-state index in [1.54, 1.807) is 0 Å². The summed E-state index contributed by atoms with van der Waals surface area (Å²) in [4.78, 5) is 12.8. The summed E-state index contributed by atoms with van der Waals surface area (Å²) < 4.78 is 1.88. The van der Waals surface area contributed by atoms with Gasteiger partial charge in [-0.05, 0) is 56.9 Å². The quantitative estimate of drug-likeness (QED) is 0.840. The van der Waals surface area contributed by atoms with E-state index in [0.29, 0.717) is 10.9 Å². The standard InChI is InChI=1S/C19H26ClN3O/c1-6-17-18(19(24)21-13(4)5)16(11-12(2)3)22-23(17)15-9-7-14(20)8-10-15/h7-10,12-13H,6,11H2,1-5H3,(H,21,24). The first-order chi connectivity index (χ1) is 11.3. The molecule has 0 unspecified atom stereocenters. The van der Waals surface area contributed by atoms with Gasteiger partial charge in [0.15, 0.2) is 0 Å². The van der Waals surface area contributed by atoms with E-state index in [4.69, 9.17) is 16.7 Å². The Morgan fingerprint density at radius 3 is 2.33 bits per heavy atom. The van der Waals surface area contributed by atoms with Gasteiger partial charge in [0.05, 0.1) is 22.6 Å². The third kappa shape index (κ3) is 4.18. The number of rotatable bonds is 6. The van der Waals surface area contributed by atoms with Gasteiger partial charge in [0.25, 0.3) is 5.91 Å². The molecule has 1 amide bonds. The fraction of sp³-hybridized carbons (Fsp3) is 0.474. The summed E-state index contributed by atoms with van der Waals surface area (Å²) >= 11 is 5.99. The van der Waals surface area contributed by atoms with Crippen LogP contribution in [0.5, 0.6) is 0 Å². The van der Waals surface area contributed by atoms with E-state index in [-0.39, 0.29) is 11.9 Å². The monoisotopic (exact) mass is 347 g/mol. The van der Waals surface area contributed by atoms with Crippen LogP contribution in [-0.4, -0.2) is 21.7 Å². The number of hydrogen-bond donors (Lipinski definition) is 1. The van der Waals surface area contributed by atoms with Crippen molar-refractivity contribution in [2.75, 3.05) is 0 Å². The Morgan fingerprint density at radius 2 is 1.83 bits per heavy atom. The van der Waals surface area contributed by atoms with E-state index in [1.807, 2.05) is 42.8 Å². The number of aromatic nitrogens is 2. The lowest BCUT2D eigenvalue weighted by atomic mass is 10.0. The van der Waals surface area contributed by atoms with Gasteiger partial charge in [-0.2, -0.15) is 5.10 Å². The molecule has 24 heavy (non-hydrogen) atoms. The second-order valence-corrected chi connectivity index (χ2v) is 7.17. The molecule has 0 aliphatic carbocycles. The highest BCUT2D eigenvalue weighted by Crippen LogP contribution is 2.23. The van der Waals surface area contributed by atoms with Crippen LogP contribution < -0.4 is 5.32 Å². The molecule has 0 aliphatic rings. The molecule has 5 heteroatoms. The van der Waals surface area contributed by atoms with Crippen LogP contribution in [0.3, 0.4) is 0 Å². The van der Waals surface area contributed by atoms with Gasteiger partial charge in [-0.3, -0.25) is 4.79 Å². The van der Waals surface area contributed by atoms with Crippen LogP contribution in [0.2, 0.25) is 5.02 Å². The van der Waals surface area contributed by atoms with Crippen molar-refractivity contribution in [3.63, 3.8) is 0 Å². The van der Waals surface area contributed by atoms with Crippen molar-refractivity contribution in [1.82, 2.24) is 15.1 Å². The van der Waals surface area contributed by atoms with Crippen molar-refractivity contribution < 1.29 is 4.79 Å². The molecule has 0 spiro atoms. The van der Waals surface area contributed by atoms with Crippen molar-refractivity contribution in [1.29, 1.82) is 0 Å². The van der Waals surface area contributed by atoms with Crippen LogP contribution in [0, 0.1) is 5.92 Å². The van der Waals surface area contributed by atoms with Gasteiger partial charge >= 0.3 is 0 Å². The number of benzene rings is 1. The topological polar surface area (TPSA) is 46.9 Å². The summed E-state index contributed by atoms with van der Waals surface area (Å²) in [6.45, 7) is 10.3. The lowest BCUT2D eigenvalue weighted by molar-refractivity contribution is 0.0941. The second-order valence-electron chi connectivity index (χ2n) is 6.74. The summed E-state index contributed by atoms with van der Waals surface area (Å²) in [5, 5.41) is 8.45. The second kappa shape index (κ2) is 7.84. The molecule has 1 aromatic heterocycles. The highest BCUT2D eigenvalue weighted by Gasteiger charge is 2.24. The third-order valence-electron chi connectivity index (χ3n) is 3.71. The first kappa shape index (κ1) is 18.5. The molecule has 0 saturated heterocycles. The molecule has 1 aromatic carbocycles. The highest BCUT2D eigenvalue weighted by atomic mass is 35.5. The molecule has 130 valence electrons. The third-order valence-corrected chi connectivity index (χ3v) is 3.96. The van der Waals surface area contributed by atoms with Gasteiger partial charge in [0, 0.05) is 11.1 Å². The minimum atomic E-state index is -0.0438. The molecular formula is C19H26ClN3O. The largest absolute Gasteiger partial charge is 0.350 e. The van der Waals surface area contributed by atoms with E-state index < -0.39 is 0 Å². The first-order valence-corrected chi connectivity index (χ1v) is 8.88. The van der Waals surface area contributed by atoms with E-state index in [1.165, 1.54) is 0 Å². The number of hydrogen-bond acceptors (Lipinski definition) is 2. The van der Waals surface area contributed by atoms with Gasteiger partial charge in [0.2, 0.25) is 0 Å². The average Bonchev–Trinajstić information content (AvgIpc) is 2.84. The Morgan fingerprint density at radius 1 is 1.21 bits per heavy atom. The van der Waals surface area contributed by atoms with Crippen molar-refractivity contribution >= 4 is 17.5 Å². The molecule has 2 aromatic rings. The molecule has 0 atom stereocenters. The van der Waals surface area contributed by atoms with Crippen LogP contribution in [0.25, 0.3) is 5.69 Å². The van der Waals surface area contributed by atoms with Gasteiger partial charge < -0.3 is 5.32 Å². The molecule has 2 rings (SSSR count). The Hall–Kier alpha value is -1.81. The highest BCUT2D eigenvalue weighted by molar-refractivity contribution is 6.30. The lowest BCUT2D eigenvalue weighted by Crippen LogP contribution is -2.31. The summed E-state index contributed by atoms with van der Waals surface area (Å²) in [5.74, 6) is 0.381. The molecule has 0 bridgehead atoms. The number of carbonyl (C=O) groups excluding carboxylic acids is 1. The molecule has 4 nitrogen and oxygen atoms in total. The van der Waals surface area contributed by atoms with E-state index in [0.717, 1.165) is 35.5 Å². The van der Waals surface area contributed by atoms with Gasteiger partial charge in [-0.25, -0.2) is 4.68 Å². The predicted molar refractivity (Wildman–Crippen MR) is 99.1 cm³/mol. The number of nitrogens with one attached hydrogen (secondary N) is 1. The molecule has 0 radical (unpaired) electrons. The zero-order chi connectivity index (χ0) is 17.9. The maximum atomic E-state index is 12.8. The van der Waals surface area contributed by atoms with Crippen molar-refractivity contribution in [2.24, 2.45) is 5.92 Å². The molecule has 0 saturated carbocycles. The Kier molecular flexibility index (Phi) is 6.05. The molecular weight excluding hydrogens is 322 g/mol. The smallest absolute Gasteiger partial charge is 0.255 e. The average molecular weight is 348 g/mol. The normalized spacial score (nSPS) is 11.3. The van der Waals surface area contributed by atoms with Crippen LogP contribution in [0.15, 0.2) is 24.3 Å². The SMILES string of the molecule is CCc1c(C(=O)NC(C)C)c(CC(C)C)nn1-c1ccc(Cl)cc1. The van der Waals surface area contributed by atoms with E-state index in [9.17, 15) is 4.79 Å².